The van der Waals surface area contributed by atoms with Crippen LogP contribution in [0, 0.1) is 5.92 Å². The van der Waals surface area contributed by atoms with Crippen molar-refractivity contribution in [1.82, 2.24) is 4.90 Å². The summed E-state index contributed by atoms with van der Waals surface area (Å²) >= 11 is 0. The van der Waals surface area contributed by atoms with Gasteiger partial charge in [-0.15, -0.1) is 0 Å². The molecule has 0 radical (unpaired) electrons. The summed E-state index contributed by atoms with van der Waals surface area (Å²) in [6.07, 6.45) is -3.23. The molecule has 1 saturated heterocycles. The molecule has 2 aromatic carbocycles. The van der Waals surface area contributed by atoms with Gasteiger partial charge in [-0.2, -0.15) is 13.2 Å². The van der Waals surface area contributed by atoms with Crippen molar-refractivity contribution in [2.24, 2.45) is 5.92 Å². The van der Waals surface area contributed by atoms with Crippen LogP contribution in [0.4, 0.5) is 18.9 Å². The van der Waals surface area contributed by atoms with Gasteiger partial charge < -0.3 is 15.2 Å². The quantitative estimate of drug-likeness (QED) is 0.620. The second-order valence-electron chi connectivity index (χ2n) is 9.06. The summed E-state index contributed by atoms with van der Waals surface area (Å²) in [4.78, 5) is 2.16. The summed E-state index contributed by atoms with van der Waals surface area (Å²) in [5, 5.41) is 12.9. The molecule has 2 aliphatic rings. The average Bonchev–Trinajstić information content (AvgIpc) is 2.77. The minimum atomic E-state index is -4.40. The number of hydrogen-bond acceptors (Lipinski definition) is 4. The number of aliphatic hydroxyl groups excluding tert-OH is 1. The van der Waals surface area contributed by atoms with Gasteiger partial charge in [-0.25, -0.2) is 0 Å². The van der Waals surface area contributed by atoms with Crippen molar-refractivity contribution in [2.45, 2.75) is 57.2 Å². The zero-order valence-corrected chi connectivity index (χ0v) is 18.5. The lowest BCUT2D eigenvalue weighted by molar-refractivity contribution is -0.138. The molecule has 4 nitrogen and oxygen atoms in total. The number of nitrogens with one attached hydrogen (secondary N) is 1. The number of fused-ring (bicyclic) bond motifs is 3. The molecule has 32 heavy (non-hydrogen) atoms. The molecular formula is C25H31F3N2O2. The second-order valence-corrected chi connectivity index (χ2v) is 9.06. The third kappa shape index (κ3) is 4.80. The Balaban J connectivity index is 1.67. The molecular weight excluding hydrogens is 417 g/mol. The van der Waals surface area contributed by atoms with E-state index in [-0.39, 0.29) is 30.7 Å². The molecule has 4 rings (SSSR count). The normalized spacial score (nSPS) is 25.4. The zero-order chi connectivity index (χ0) is 22.9. The highest BCUT2D eigenvalue weighted by atomic mass is 19.4. The number of alkyl halides is 3. The summed E-state index contributed by atoms with van der Waals surface area (Å²) in [7, 11) is 0. The molecule has 0 saturated carbocycles. The molecule has 0 aliphatic carbocycles. The summed E-state index contributed by atoms with van der Waals surface area (Å²) < 4.78 is 46.9. The maximum Gasteiger partial charge on any atom is 0.416 e. The first-order chi connectivity index (χ1) is 15.3. The van der Waals surface area contributed by atoms with Crippen molar-refractivity contribution in [3.63, 3.8) is 0 Å². The van der Waals surface area contributed by atoms with Gasteiger partial charge in [0.25, 0.3) is 0 Å². The van der Waals surface area contributed by atoms with E-state index in [0.29, 0.717) is 24.3 Å². The van der Waals surface area contributed by atoms with Crippen LogP contribution in [0.15, 0.2) is 48.5 Å². The van der Waals surface area contributed by atoms with Crippen LogP contribution in [0.5, 0.6) is 0 Å². The van der Waals surface area contributed by atoms with E-state index in [1.54, 1.807) is 0 Å². The first-order valence-corrected chi connectivity index (χ1v) is 11.3. The Hall–Kier alpha value is -2.09. The molecule has 0 unspecified atom stereocenters. The zero-order valence-electron chi connectivity index (χ0n) is 18.5. The van der Waals surface area contributed by atoms with Crippen LogP contribution in [0.3, 0.4) is 0 Å². The first-order valence-electron chi connectivity index (χ1n) is 11.3. The van der Waals surface area contributed by atoms with E-state index in [2.05, 4.69) is 36.2 Å². The third-order valence-electron chi connectivity index (χ3n) is 6.69. The molecule has 0 amide bonds. The predicted molar refractivity (Wildman–Crippen MR) is 118 cm³/mol. The third-order valence-corrected chi connectivity index (χ3v) is 6.69. The first kappa shape index (κ1) is 23.1. The SMILES string of the molecule is CC(C)N(CCO)C[C@H]1CC[C@@H]2[C@H](O1)c1cc(C(F)(F)F)ccc1N[C@H]2c1ccccc1. The maximum absolute atomic E-state index is 13.5. The average molecular weight is 449 g/mol. The number of nitrogens with zero attached hydrogens (tertiary/aromatic N) is 1. The van der Waals surface area contributed by atoms with Crippen molar-refractivity contribution in [1.29, 1.82) is 0 Å². The summed E-state index contributed by atoms with van der Waals surface area (Å²) in [6, 6.07) is 14.2. The maximum atomic E-state index is 13.5. The Morgan fingerprint density at radius 2 is 1.88 bits per heavy atom. The van der Waals surface area contributed by atoms with Gasteiger partial charge in [-0.05, 0) is 50.5 Å². The molecule has 174 valence electrons. The van der Waals surface area contributed by atoms with E-state index < -0.39 is 17.8 Å². The second kappa shape index (κ2) is 9.41. The lowest BCUT2D eigenvalue weighted by Gasteiger charge is -2.46. The van der Waals surface area contributed by atoms with Gasteiger partial charge in [0.15, 0.2) is 0 Å². The number of hydrogen-bond donors (Lipinski definition) is 2. The Morgan fingerprint density at radius 1 is 1.12 bits per heavy atom. The van der Waals surface area contributed by atoms with Gasteiger partial charge in [-0.1, -0.05) is 30.3 Å². The Bertz CT molecular complexity index is 904. The van der Waals surface area contributed by atoms with E-state index in [9.17, 15) is 18.3 Å². The van der Waals surface area contributed by atoms with Crippen LogP contribution < -0.4 is 5.32 Å². The fourth-order valence-electron chi connectivity index (χ4n) is 5.01. The molecule has 0 spiro atoms. The van der Waals surface area contributed by atoms with E-state index in [1.807, 2.05) is 18.2 Å². The molecule has 1 fully saturated rings. The molecule has 4 atom stereocenters. The fraction of sp³-hybridized carbons (Fsp3) is 0.520. The number of ether oxygens (including phenoxy) is 1. The smallest absolute Gasteiger partial charge is 0.395 e. The molecule has 0 bridgehead atoms. The topological polar surface area (TPSA) is 44.7 Å². The van der Waals surface area contributed by atoms with E-state index >= 15 is 0 Å². The number of rotatable bonds is 6. The lowest BCUT2D eigenvalue weighted by Crippen LogP contribution is -2.45. The van der Waals surface area contributed by atoms with Crippen molar-refractivity contribution in [3.05, 3.63) is 65.2 Å². The van der Waals surface area contributed by atoms with Crippen molar-refractivity contribution in [2.75, 3.05) is 25.0 Å². The number of benzene rings is 2. The van der Waals surface area contributed by atoms with Gasteiger partial charge in [-0.3, -0.25) is 4.90 Å². The molecule has 0 aromatic heterocycles. The van der Waals surface area contributed by atoms with Crippen LogP contribution in [-0.2, 0) is 10.9 Å². The monoisotopic (exact) mass is 448 g/mol. The molecule has 2 aliphatic heterocycles. The minimum Gasteiger partial charge on any atom is -0.395 e. The number of aliphatic hydroxyl groups is 1. The van der Waals surface area contributed by atoms with Gasteiger partial charge in [0, 0.05) is 36.3 Å². The van der Waals surface area contributed by atoms with Crippen LogP contribution >= 0.6 is 0 Å². The Kier molecular flexibility index (Phi) is 6.79. The standard InChI is InChI=1S/C25H31F3N2O2/c1-16(2)30(12-13-31)15-19-9-10-20-23(17-6-4-3-5-7-17)29-22-11-8-18(25(26,27)28)14-21(22)24(20)32-19/h3-8,11,14,16,19-20,23-24,29,31H,9-10,12-13,15H2,1-2H3/t19-,20+,23+,24+/m1/s1. The van der Waals surface area contributed by atoms with Crippen LogP contribution in [-0.4, -0.2) is 41.8 Å². The molecule has 7 heteroatoms. The van der Waals surface area contributed by atoms with E-state index in [1.165, 1.54) is 12.1 Å². The predicted octanol–water partition coefficient (Wildman–Crippen LogP) is 5.41. The van der Waals surface area contributed by atoms with Crippen LogP contribution in [0.2, 0.25) is 0 Å². The van der Waals surface area contributed by atoms with Gasteiger partial charge in [0.1, 0.15) is 0 Å². The molecule has 2 N–H and O–H groups in total. The van der Waals surface area contributed by atoms with Crippen LogP contribution in [0.25, 0.3) is 0 Å². The largest absolute Gasteiger partial charge is 0.416 e. The highest BCUT2D eigenvalue weighted by Gasteiger charge is 2.43. The summed E-state index contributed by atoms with van der Waals surface area (Å²) in [5.41, 5.74) is 1.74. The molecule has 2 aromatic rings. The summed E-state index contributed by atoms with van der Waals surface area (Å²) in [5.74, 6) is 0.0370. The van der Waals surface area contributed by atoms with E-state index in [0.717, 1.165) is 24.5 Å². The number of anilines is 1. The van der Waals surface area contributed by atoms with Gasteiger partial charge >= 0.3 is 6.18 Å². The van der Waals surface area contributed by atoms with Gasteiger partial charge in [0.05, 0.1) is 30.4 Å². The lowest BCUT2D eigenvalue weighted by atomic mass is 9.76. The number of halogens is 3. The Labute approximate surface area is 187 Å². The molecule has 2 heterocycles. The van der Waals surface area contributed by atoms with E-state index in [4.69, 9.17) is 4.74 Å². The highest BCUT2D eigenvalue weighted by molar-refractivity contribution is 5.58. The van der Waals surface area contributed by atoms with Crippen molar-refractivity contribution in [3.8, 4) is 0 Å². The fourth-order valence-corrected chi connectivity index (χ4v) is 5.01. The van der Waals surface area contributed by atoms with Crippen molar-refractivity contribution < 1.29 is 23.0 Å². The van der Waals surface area contributed by atoms with Crippen LogP contribution in [0.1, 0.15) is 55.5 Å². The van der Waals surface area contributed by atoms with Crippen molar-refractivity contribution >= 4 is 5.69 Å². The summed E-state index contributed by atoms with van der Waals surface area (Å²) in [6.45, 7) is 5.41. The highest BCUT2D eigenvalue weighted by Crippen LogP contribution is 2.51. The minimum absolute atomic E-state index is 0.0231. The van der Waals surface area contributed by atoms with Gasteiger partial charge in [0.2, 0.25) is 0 Å². The Morgan fingerprint density at radius 3 is 2.53 bits per heavy atom.